The Morgan fingerprint density at radius 2 is 1.18 bits per heavy atom. The summed E-state index contributed by atoms with van der Waals surface area (Å²) in [7, 11) is -5.65. The molecular formula is C41H72NaO8P. The summed E-state index contributed by atoms with van der Waals surface area (Å²) in [5.41, 5.74) is 0. The molecule has 0 aliphatic carbocycles. The van der Waals surface area contributed by atoms with Gasteiger partial charge in [0.1, 0.15) is 6.61 Å². The van der Waals surface area contributed by atoms with Crippen LogP contribution in [0, 0.1) is 0 Å². The maximum atomic E-state index is 13.3. The molecule has 8 nitrogen and oxygen atoms in total. The predicted molar refractivity (Wildman–Crippen MR) is 205 cm³/mol. The van der Waals surface area contributed by atoms with E-state index in [9.17, 15) is 19.0 Å². The number of hydrogen-bond donors (Lipinski definition) is 1. The third kappa shape index (κ3) is 43.3. The van der Waals surface area contributed by atoms with Gasteiger partial charge in [-0.15, -0.1) is 0 Å². The number of rotatable bonds is 36. The summed E-state index contributed by atoms with van der Waals surface area (Å²) in [5.74, 6) is -3.73. The molecule has 0 spiro atoms. The Labute approximate surface area is 383 Å². The summed E-state index contributed by atoms with van der Waals surface area (Å²) in [5, 5.41) is 0. The van der Waals surface area contributed by atoms with E-state index < -0.39 is 154 Å². The minimum absolute atomic E-state index is 0. The van der Waals surface area contributed by atoms with Crippen LogP contribution in [0.2, 0.25) is 0 Å². The maximum absolute atomic E-state index is 13.3. The molecule has 0 saturated carbocycles. The van der Waals surface area contributed by atoms with Gasteiger partial charge >= 0.3 is 41.5 Å². The molecule has 0 aromatic heterocycles. The summed E-state index contributed by atoms with van der Waals surface area (Å²) in [4.78, 5) is 46.4. The van der Waals surface area contributed by atoms with E-state index in [2.05, 4.69) is 28.3 Å². The molecule has 0 heterocycles. The monoisotopic (exact) mass is 782 g/mol. The number of phosphoric acid groups is 1. The zero-order chi connectivity index (χ0) is 68.0. The van der Waals surface area contributed by atoms with Crippen molar-refractivity contribution in [2.24, 2.45) is 0 Å². The first-order valence-corrected chi connectivity index (χ1v) is 17.1. The summed E-state index contributed by atoms with van der Waals surface area (Å²) < 4.78 is 312. The average molecular weight is 782 g/mol. The molecular weight excluding hydrogens is 674 g/mol. The molecule has 1 unspecified atom stereocenters. The third-order valence-corrected chi connectivity index (χ3v) is 5.85. The Morgan fingerprint density at radius 3 is 1.67 bits per heavy atom. The molecule has 0 fully saturated rings. The third-order valence-electron chi connectivity index (χ3n) is 5.37. The number of unbranched alkanes of at least 4 members (excludes halogenated alkanes) is 4. The quantitative estimate of drug-likeness (QED) is 0.0222. The molecule has 1 N–H and O–H groups in total. The molecule has 0 aromatic carbocycles. The van der Waals surface area contributed by atoms with Crippen LogP contribution in [-0.2, 0) is 28.2 Å². The molecule has 0 aliphatic rings. The molecule has 2 atom stereocenters. The van der Waals surface area contributed by atoms with Crippen molar-refractivity contribution in [2.75, 3.05) is 13.2 Å². The van der Waals surface area contributed by atoms with Gasteiger partial charge in [0.25, 0.3) is 7.82 Å². The van der Waals surface area contributed by atoms with Gasteiger partial charge in [0.05, 0.1) is 6.61 Å². The second-order valence-electron chi connectivity index (χ2n) is 9.46. The number of hydrogen-bond acceptors (Lipinski definition) is 7. The second kappa shape index (κ2) is 40.2. The summed E-state index contributed by atoms with van der Waals surface area (Å²) >= 11 is 0. The van der Waals surface area contributed by atoms with Crippen molar-refractivity contribution in [3.05, 3.63) is 48.6 Å². The van der Waals surface area contributed by atoms with Gasteiger partial charge in [-0.05, 0) is 51.3 Å². The number of phosphoric ester groups is 1. The zero-order valence-corrected chi connectivity index (χ0v) is 31.8. The SMILES string of the molecule is [2H]C([2H])([2H])C([2H])([2H])C([2H])([2H])C([2H])([2H])C([2H])([2H])C([2H])([2H])C([2H])([2H])C([2H])([2H])C([2H])([2H])C([2H])([2H])C([2H])([2H])C([2H])([2H])C([2H])([2H])C([2H])([2H])C([2H])([2H])C([2H])([2H])C([2H])([2H])C(=O)OC[C@H](COP(=O)([O-])O)OC(=O)CCC/C=C\C/C=C\C/C=C\C/C=C\CCCCC.[Na+]. The fraction of sp³-hybridized carbons (Fsp3) is 0.756. The van der Waals surface area contributed by atoms with Crippen molar-refractivity contribution < 1.29 is 115 Å². The molecule has 51 heavy (non-hydrogen) atoms. The van der Waals surface area contributed by atoms with E-state index in [-0.39, 0.29) is 36.0 Å². The number of ether oxygens (including phenoxy) is 2. The molecule has 0 aliphatic heterocycles. The summed E-state index contributed by atoms with van der Waals surface area (Å²) in [6, 6.07) is 0. The van der Waals surface area contributed by atoms with E-state index in [0.29, 0.717) is 19.3 Å². The Hall–Kier alpha value is -0.990. The Morgan fingerprint density at radius 1 is 0.706 bits per heavy atom. The van der Waals surface area contributed by atoms with Crippen LogP contribution in [0.4, 0.5) is 0 Å². The van der Waals surface area contributed by atoms with E-state index in [1.807, 2.05) is 24.3 Å². The normalized spacial score (nSPS) is 28.6. The predicted octanol–water partition coefficient (Wildman–Crippen LogP) is 8.33. The van der Waals surface area contributed by atoms with Crippen LogP contribution >= 0.6 is 7.82 Å². The fourth-order valence-corrected chi connectivity index (χ4v) is 3.51. The van der Waals surface area contributed by atoms with Crippen LogP contribution in [0.5, 0.6) is 0 Å². The van der Waals surface area contributed by atoms with Gasteiger partial charge < -0.3 is 23.8 Å². The van der Waals surface area contributed by atoms with Crippen LogP contribution in [0.25, 0.3) is 0 Å². The van der Waals surface area contributed by atoms with E-state index >= 15 is 0 Å². The Balaban J connectivity index is 0. The van der Waals surface area contributed by atoms with Gasteiger partial charge in [0.15, 0.2) is 6.10 Å². The minimum atomic E-state index is -5.65. The molecule has 290 valence electrons. The Bertz CT molecular complexity index is 2400. The topological polar surface area (TPSA) is 122 Å². The van der Waals surface area contributed by atoms with E-state index in [1.165, 1.54) is 6.42 Å². The van der Waals surface area contributed by atoms with Gasteiger partial charge in [-0.2, -0.15) is 0 Å². The maximum Gasteiger partial charge on any atom is 1.00 e. The van der Waals surface area contributed by atoms with Gasteiger partial charge in [-0.1, -0.05) is 164 Å². The van der Waals surface area contributed by atoms with Crippen molar-refractivity contribution in [1.82, 2.24) is 0 Å². The first kappa shape index (κ1) is 17.4. The van der Waals surface area contributed by atoms with Crippen molar-refractivity contribution in [3.8, 4) is 0 Å². The zero-order valence-electron chi connectivity index (χ0n) is 63.9. The summed E-state index contributed by atoms with van der Waals surface area (Å²) in [6.07, 6.45) is -61.6. The molecule has 0 radical (unpaired) electrons. The van der Waals surface area contributed by atoms with Crippen molar-refractivity contribution in [1.29, 1.82) is 0 Å². The molecule has 10 heteroatoms. The Kier molecular flexibility index (Phi) is 13.7. The first-order valence-electron chi connectivity index (χ1n) is 33.1. The largest absolute Gasteiger partial charge is 1.00 e. The molecule has 0 amide bonds. The van der Waals surface area contributed by atoms with Gasteiger partial charge in [0, 0.05) is 60.8 Å². The van der Waals surface area contributed by atoms with Crippen LogP contribution in [0.15, 0.2) is 48.6 Å². The van der Waals surface area contributed by atoms with Crippen LogP contribution in [0.3, 0.4) is 0 Å². The first-order chi connectivity index (χ1) is 37.5. The smallest absolute Gasteiger partial charge is 0.756 e. The number of allylic oxidation sites excluding steroid dienone is 8. The van der Waals surface area contributed by atoms with Gasteiger partial charge in [0.2, 0.25) is 0 Å². The van der Waals surface area contributed by atoms with E-state index in [1.54, 1.807) is 12.2 Å². The van der Waals surface area contributed by atoms with Crippen LogP contribution < -0.4 is 34.5 Å². The number of carbonyl (C=O) groups is 2. The molecule has 0 bridgehead atoms. The summed E-state index contributed by atoms with van der Waals surface area (Å²) in [6.45, 7) is -4.94. The van der Waals surface area contributed by atoms with Crippen LogP contribution in [0.1, 0.15) is 228 Å². The average Bonchev–Trinajstić information content (AvgIpc) is 0.724. The van der Waals surface area contributed by atoms with Gasteiger partial charge in [-0.3, -0.25) is 14.2 Å². The van der Waals surface area contributed by atoms with Crippen molar-refractivity contribution >= 4 is 19.8 Å². The van der Waals surface area contributed by atoms with E-state index in [4.69, 9.17) is 57.6 Å². The molecule has 0 aromatic rings. The minimum Gasteiger partial charge on any atom is -0.756 e. The number of carbonyl (C=O) groups excluding carboxylic acids is 2. The van der Waals surface area contributed by atoms with Gasteiger partial charge in [-0.25, -0.2) is 0 Å². The molecule has 0 saturated heterocycles. The molecule has 0 rings (SSSR count). The fourth-order valence-electron chi connectivity index (χ4n) is 3.16. The van der Waals surface area contributed by atoms with Crippen molar-refractivity contribution in [2.45, 2.75) is 186 Å². The number of esters is 2. The standard InChI is InChI=1S/C41H73O8P.Na/c1-3-5-7-9-11-13-15-17-19-20-22-24-26-28-30-32-34-36-41(43)49-39(38-48-50(44,45)46)37-47-40(42)35-33-31-29-27-25-23-21-18-16-14-12-10-8-6-4-2;/h11,13,17,19,22,24,28,30,39H,3-10,12,14-16,18,20-21,23,25-27,29,31-38H2,1-2H3,(H2,44,45,46);/q;+1/p-1/b13-11-,19-17-,24-22-,30-28-;/t39-;/m1./s1/i2D3,4D2,6D2,8D2,10D2,12D2,14D2,16D2,18D2,21D2,23D2,25D2,27D2,29D2,31D2,33D2,35D2;. The van der Waals surface area contributed by atoms with Crippen LogP contribution in [-0.4, -0.2) is 36.1 Å². The second-order valence-corrected chi connectivity index (χ2v) is 10.7. The van der Waals surface area contributed by atoms with Crippen molar-refractivity contribution in [3.63, 3.8) is 0 Å². The van der Waals surface area contributed by atoms with E-state index in [0.717, 1.165) is 25.7 Å².